The van der Waals surface area contributed by atoms with Crippen molar-refractivity contribution in [3.05, 3.63) is 71.5 Å². The van der Waals surface area contributed by atoms with Gasteiger partial charge in [-0.05, 0) is 83.2 Å². The molecule has 146 valence electrons. The van der Waals surface area contributed by atoms with Gasteiger partial charge in [0.2, 0.25) is 0 Å². The Hall–Kier alpha value is -2.29. The average molecular weight is 382 g/mol. The van der Waals surface area contributed by atoms with E-state index in [-0.39, 0.29) is 0 Å². The van der Waals surface area contributed by atoms with Crippen molar-refractivity contribution in [2.24, 2.45) is 5.92 Å². The van der Waals surface area contributed by atoms with Crippen LogP contribution in [0.2, 0.25) is 0 Å². The molecule has 1 fully saturated rings. The average Bonchev–Trinajstić information content (AvgIpc) is 2.71. The molecule has 0 atom stereocenters. The molecule has 28 heavy (non-hydrogen) atoms. The van der Waals surface area contributed by atoms with Crippen LogP contribution >= 0.6 is 0 Å². The van der Waals surface area contributed by atoms with Gasteiger partial charge in [0.05, 0.1) is 0 Å². The summed E-state index contributed by atoms with van der Waals surface area (Å²) in [6, 6.07) is 14.3. The number of halogens is 3. The molecule has 0 spiro atoms. The normalized spacial score (nSPS) is 19.9. The lowest BCUT2D eigenvalue weighted by Gasteiger charge is -2.28. The molecule has 1 aliphatic rings. The van der Waals surface area contributed by atoms with Crippen LogP contribution in [0.25, 0.3) is 21.9 Å². The molecular formula is C25H25F3. The third-order valence-electron chi connectivity index (χ3n) is 6.20. The highest BCUT2D eigenvalue weighted by molar-refractivity contribution is 5.88. The first-order valence-corrected chi connectivity index (χ1v) is 10.2. The van der Waals surface area contributed by atoms with Crippen LogP contribution in [0.5, 0.6) is 0 Å². The summed E-state index contributed by atoms with van der Waals surface area (Å²) in [7, 11) is 0. The minimum Gasteiger partial charge on any atom is -0.204 e. The second kappa shape index (κ2) is 7.98. The summed E-state index contributed by atoms with van der Waals surface area (Å²) in [5.74, 6) is -2.24. The van der Waals surface area contributed by atoms with Gasteiger partial charge in [-0.3, -0.25) is 0 Å². The van der Waals surface area contributed by atoms with Crippen LogP contribution in [0, 0.1) is 23.4 Å². The molecule has 0 radical (unpaired) electrons. The minimum absolute atomic E-state index is 0.344. The predicted molar refractivity (Wildman–Crippen MR) is 109 cm³/mol. The molecule has 0 aliphatic heterocycles. The van der Waals surface area contributed by atoms with E-state index in [1.54, 1.807) is 0 Å². The fourth-order valence-corrected chi connectivity index (χ4v) is 4.61. The lowest BCUT2D eigenvalue weighted by Crippen LogP contribution is -2.13. The number of hydrogen-bond donors (Lipinski definition) is 0. The summed E-state index contributed by atoms with van der Waals surface area (Å²) in [5, 5.41) is 2.14. The predicted octanol–water partition coefficient (Wildman–Crippen LogP) is 8.00. The summed E-state index contributed by atoms with van der Waals surface area (Å²) in [5.41, 5.74) is 2.41. The summed E-state index contributed by atoms with van der Waals surface area (Å²) in [6.07, 6.45) is 7.76. The Morgan fingerprint density at radius 2 is 1.39 bits per heavy atom. The van der Waals surface area contributed by atoms with E-state index in [4.69, 9.17) is 0 Å². The van der Waals surface area contributed by atoms with Crippen LogP contribution in [0.4, 0.5) is 13.2 Å². The van der Waals surface area contributed by atoms with Crippen LogP contribution in [0.3, 0.4) is 0 Å². The van der Waals surface area contributed by atoms with Crippen molar-refractivity contribution in [1.82, 2.24) is 0 Å². The smallest absolute Gasteiger partial charge is 0.194 e. The lowest BCUT2D eigenvalue weighted by atomic mass is 9.77. The van der Waals surface area contributed by atoms with Crippen LogP contribution in [-0.4, -0.2) is 0 Å². The molecule has 0 saturated heterocycles. The summed E-state index contributed by atoms with van der Waals surface area (Å²) in [6.45, 7) is 2.26. The largest absolute Gasteiger partial charge is 0.204 e. The first-order chi connectivity index (χ1) is 13.5. The van der Waals surface area contributed by atoms with Crippen molar-refractivity contribution in [3.8, 4) is 11.1 Å². The van der Waals surface area contributed by atoms with Crippen LogP contribution < -0.4 is 0 Å². The molecular weight excluding hydrogens is 357 g/mol. The van der Waals surface area contributed by atoms with Gasteiger partial charge in [0, 0.05) is 0 Å². The highest BCUT2D eigenvalue weighted by Gasteiger charge is 2.22. The third-order valence-corrected chi connectivity index (χ3v) is 6.20. The van der Waals surface area contributed by atoms with E-state index in [2.05, 4.69) is 25.1 Å². The molecule has 1 saturated carbocycles. The van der Waals surface area contributed by atoms with E-state index >= 15 is 0 Å². The van der Waals surface area contributed by atoms with Crippen molar-refractivity contribution in [3.63, 3.8) is 0 Å². The Labute approximate surface area is 164 Å². The molecule has 0 unspecified atom stereocenters. The van der Waals surface area contributed by atoms with E-state index in [1.807, 2.05) is 18.2 Å². The van der Waals surface area contributed by atoms with Crippen molar-refractivity contribution in [1.29, 1.82) is 0 Å². The van der Waals surface area contributed by atoms with E-state index in [0.29, 0.717) is 17.0 Å². The Morgan fingerprint density at radius 1 is 0.750 bits per heavy atom. The fraction of sp³-hybridized carbons (Fsp3) is 0.360. The summed E-state index contributed by atoms with van der Waals surface area (Å²) < 4.78 is 40.3. The van der Waals surface area contributed by atoms with Gasteiger partial charge in [0.1, 0.15) is 0 Å². The second-order valence-electron chi connectivity index (χ2n) is 8.08. The summed E-state index contributed by atoms with van der Waals surface area (Å²) in [4.78, 5) is 0. The zero-order chi connectivity index (χ0) is 19.7. The Morgan fingerprint density at radius 3 is 2.07 bits per heavy atom. The molecule has 4 rings (SSSR count). The zero-order valence-electron chi connectivity index (χ0n) is 16.2. The fourth-order valence-electron chi connectivity index (χ4n) is 4.61. The van der Waals surface area contributed by atoms with E-state index in [1.165, 1.54) is 44.1 Å². The van der Waals surface area contributed by atoms with Gasteiger partial charge in [-0.1, -0.05) is 50.1 Å². The number of rotatable bonds is 4. The molecule has 3 aromatic carbocycles. The maximum atomic E-state index is 13.6. The van der Waals surface area contributed by atoms with Crippen molar-refractivity contribution >= 4 is 10.8 Å². The molecule has 0 aromatic heterocycles. The molecule has 0 nitrogen and oxygen atoms in total. The number of fused-ring (bicyclic) bond motifs is 1. The maximum Gasteiger partial charge on any atom is 0.194 e. The topological polar surface area (TPSA) is 0 Å². The van der Waals surface area contributed by atoms with Crippen LogP contribution in [0.1, 0.15) is 56.9 Å². The maximum absolute atomic E-state index is 13.6. The van der Waals surface area contributed by atoms with Crippen molar-refractivity contribution < 1.29 is 13.2 Å². The van der Waals surface area contributed by atoms with Gasteiger partial charge in [-0.15, -0.1) is 0 Å². The van der Waals surface area contributed by atoms with E-state index in [0.717, 1.165) is 28.8 Å². The van der Waals surface area contributed by atoms with E-state index < -0.39 is 17.5 Å². The highest BCUT2D eigenvalue weighted by atomic mass is 19.2. The SMILES string of the molecule is CCC[C@H]1CC[C@H](c2ccc3cc(-c4cc(F)c(F)c(F)c4)ccc3c2)CC1. The third kappa shape index (κ3) is 3.80. The highest BCUT2D eigenvalue weighted by Crippen LogP contribution is 2.38. The molecule has 0 bridgehead atoms. The summed E-state index contributed by atoms with van der Waals surface area (Å²) >= 11 is 0. The van der Waals surface area contributed by atoms with Gasteiger partial charge < -0.3 is 0 Å². The Kier molecular flexibility index (Phi) is 5.43. The Bertz CT molecular complexity index is 961. The molecule has 3 aromatic rings. The second-order valence-corrected chi connectivity index (χ2v) is 8.08. The molecule has 0 amide bonds. The van der Waals surface area contributed by atoms with Crippen LogP contribution in [-0.2, 0) is 0 Å². The zero-order valence-corrected chi connectivity index (χ0v) is 16.2. The number of hydrogen-bond acceptors (Lipinski definition) is 0. The van der Waals surface area contributed by atoms with Gasteiger partial charge in [0.15, 0.2) is 17.5 Å². The first-order valence-electron chi connectivity index (χ1n) is 10.2. The first kappa shape index (κ1) is 19.0. The van der Waals surface area contributed by atoms with Crippen molar-refractivity contribution in [2.45, 2.75) is 51.4 Å². The van der Waals surface area contributed by atoms with Crippen LogP contribution in [0.15, 0.2) is 48.5 Å². The molecule has 0 N–H and O–H groups in total. The molecule has 1 aliphatic carbocycles. The van der Waals surface area contributed by atoms with Gasteiger partial charge in [0.25, 0.3) is 0 Å². The minimum atomic E-state index is -1.43. The molecule has 0 heterocycles. The standard InChI is InChI=1S/C25H25F3/c1-2-3-16-4-6-17(7-5-16)18-8-9-20-13-21(11-10-19(20)12-18)22-14-23(26)25(28)24(27)15-22/h8-17H,2-7H2,1H3/t16-,17-. The Balaban J connectivity index is 1.58. The monoisotopic (exact) mass is 382 g/mol. The molecule has 3 heteroatoms. The lowest BCUT2D eigenvalue weighted by molar-refractivity contribution is 0.308. The number of benzene rings is 3. The van der Waals surface area contributed by atoms with Gasteiger partial charge in [-0.2, -0.15) is 0 Å². The van der Waals surface area contributed by atoms with E-state index in [9.17, 15) is 13.2 Å². The van der Waals surface area contributed by atoms with Crippen molar-refractivity contribution in [2.75, 3.05) is 0 Å². The van der Waals surface area contributed by atoms with Gasteiger partial charge in [-0.25, -0.2) is 13.2 Å². The quantitative estimate of drug-likeness (QED) is 0.401. The van der Waals surface area contributed by atoms with Gasteiger partial charge >= 0.3 is 0 Å².